The minimum atomic E-state index is -1.20. The van der Waals surface area contributed by atoms with Gasteiger partial charge in [-0.15, -0.1) is 0 Å². The summed E-state index contributed by atoms with van der Waals surface area (Å²) in [6.45, 7) is 2.30. The second kappa shape index (κ2) is 7.40. The predicted octanol–water partition coefficient (Wildman–Crippen LogP) is 2.35. The number of anilines is 1. The van der Waals surface area contributed by atoms with E-state index >= 15 is 0 Å². The maximum Gasteiger partial charge on any atom is 0.252 e. The Bertz CT molecular complexity index is 536. The smallest absolute Gasteiger partial charge is 0.252 e. The van der Waals surface area contributed by atoms with Crippen molar-refractivity contribution in [3.63, 3.8) is 0 Å². The second-order valence-electron chi connectivity index (χ2n) is 5.92. The summed E-state index contributed by atoms with van der Waals surface area (Å²) in [5, 5.41) is 15.8. The van der Waals surface area contributed by atoms with E-state index in [9.17, 15) is 14.7 Å². The highest BCUT2D eigenvalue weighted by Gasteiger charge is 2.38. The third-order valence-corrected chi connectivity index (χ3v) is 3.99. The maximum atomic E-state index is 12.1. The van der Waals surface area contributed by atoms with Crippen LogP contribution < -0.4 is 10.6 Å². The average molecular weight is 304 g/mol. The lowest BCUT2D eigenvalue weighted by atomic mass is 10.0. The van der Waals surface area contributed by atoms with Crippen LogP contribution >= 0.6 is 0 Å². The fraction of sp³-hybridized carbons (Fsp3) is 0.529. The van der Waals surface area contributed by atoms with E-state index in [0.717, 1.165) is 30.5 Å². The van der Waals surface area contributed by atoms with Crippen LogP contribution in [0.25, 0.3) is 0 Å². The SMILES string of the molecule is CCCC(=O)Nc1cccc(CNC(=O)C2(O)CCCC2)c1. The summed E-state index contributed by atoms with van der Waals surface area (Å²) in [5.41, 5.74) is 0.418. The summed E-state index contributed by atoms with van der Waals surface area (Å²) in [5.74, 6) is -0.311. The van der Waals surface area contributed by atoms with Crippen LogP contribution in [0.2, 0.25) is 0 Å². The first-order valence-corrected chi connectivity index (χ1v) is 7.93. The highest BCUT2D eigenvalue weighted by atomic mass is 16.3. The number of hydrogen-bond acceptors (Lipinski definition) is 3. The van der Waals surface area contributed by atoms with Crippen molar-refractivity contribution in [3.8, 4) is 0 Å². The van der Waals surface area contributed by atoms with Crippen molar-refractivity contribution in [2.24, 2.45) is 0 Å². The zero-order valence-electron chi connectivity index (χ0n) is 13.0. The Labute approximate surface area is 131 Å². The van der Waals surface area contributed by atoms with Gasteiger partial charge in [-0.3, -0.25) is 9.59 Å². The molecule has 1 aliphatic carbocycles. The topological polar surface area (TPSA) is 78.4 Å². The maximum absolute atomic E-state index is 12.1. The molecule has 22 heavy (non-hydrogen) atoms. The quantitative estimate of drug-likeness (QED) is 0.755. The standard InChI is InChI=1S/C17H24N2O3/c1-2-6-15(20)19-14-8-5-7-13(11-14)12-18-16(21)17(22)9-3-4-10-17/h5,7-8,11,22H,2-4,6,9-10,12H2,1H3,(H,18,21)(H,19,20). The number of hydrogen-bond donors (Lipinski definition) is 3. The van der Waals surface area contributed by atoms with Crippen molar-refractivity contribution >= 4 is 17.5 Å². The van der Waals surface area contributed by atoms with Crippen LogP contribution in [0.3, 0.4) is 0 Å². The van der Waals surface area contributed by atoms with E-state index < -0.39 is 5.60 Å². The average Bonchev–Trinajstić information content (AvgIpc) is 2.93. The molecule has 5 heteroatoms. The summed E-state index contributed by atoms with van der Waals surface area (Å²) >= 11 is 0. The Kier molecular flexibility index (Phi) is 5.55. The van der Waals surface area contributed by atoms with Gasteiger partial charge in [0.15, 0.2) is 0 Å². The Morgan fingerprint density at radius 2 is 2.00 bits per heavy atom. The summed E-state index contributed by atoms with van der Waals surface area (Å²) < 4.78 is 0. The fourth-order valence-corrected chi connectivity index (χ4v) is 2.74. The lowest BCUT2D eigenvalue weighted by Gasteiger charge is -2.21. The van der Waals surface area contributed by atoms with E-state index in [4.69, 9.17) is 0 Å². The van der Waals surface area contributed by atoms with Gasteiger partial charge < -0.3 is 15.7 Å². The zero-order chi connectivity index (χ0) is 16.0. The van der Waals surface area contributed by atoms with Gasteiger partial charge in [0.25, 0.3) is 5.91 Å². The molecule has 0 spiro atoms. The van der Waals surface area contributed by atoms with Crippen LogP contribution in [0.5, 0.6) is 0 Å². The molecular formula is C17H24N2O3. The van der Waals surface area contributed by atoms with Crippen LogP contribution in [0.4, 0.5) is 5.69 Å². The van der Waals surface area contributed by atoms with E-state index in [0.29, 0.717) is 25.8 Å². The number of benzene rings is 1. The van der Waals surface area contributed by atoms with Gasteiger partial charge >= 0.3 is 0 Å². The highest BCUT2D eigenvalue weighted by Crippen LogP contribution is 2.29. The molecule has 1 saturated carbocycles. The summed E-state index contributed by atoms with van der Waals surface area (Å²) in [7, 11) is 0. The molecule has 2 rings (SSSR count). The van der Waals surface area contributed by atoms with Crippen molar-refractivity contribution in [2.75, 3.05) is 5.32 Å². The van der Waals surface area contributed by atoms with Gasteiger partial charge in [0, 0.05) is 18.7 Å². The second-order valence-corrected chi connectivity index (χ2v) is 5.92. The molecule has 3 N–H and O–H groups in total. The first-order valence-electron chi connectivity index (χ1n) is 7.93. The minimum absolute atomic E-state index is 0.0102. The molecular weight excluding hydrogens is 280 g/mol. The Balaban J connectivity index is 1.90. The molecule has 0 radical (unpaired) electrons. The van der Waals surface area contributed by atoms with Gasteiger partial charge in [-0.1, -0.05) is 19.1 Å². The van der Waals surface area contributed by atoms with E-state index in [1.807, 2.05) is 31.2 Å². The first-order chi connectivity index (χ1) is 10.5. The van der Waals surface area contributed by atoms with E-state index in [2.05, 4.69) is 10.6 Å². The largest absolute Gasteiger partial charge is 0.380 e. The Morgan fingerprint density at radius 3 is 2.68 bits per heavy atom. The summed E-state index contributed by atoms with van der Waals surface area (Å²) in [6.07, 6.45) is 4.15. The van der Waals surface area contributed by atoms with Crippen LogP contribution in [-0.2, 0) is 16.1 Å². The van der Waals surface area contributed by atoms with Gasteiger partial charge in [0.2, 0.25) is 5.91 Å². The summed E-state index contributed by atoms with van der Waals surface area (Å²) in [6, 6.07) is 7.39. The normalized spacial score (nSPS) is 16.3. The van der Waals surface area contributed by atoms with Crippen molar-refractivity contribution < 1.29 is 14.7 Å². The molecule has 0 aromatic heterocycles. The molecule has 120 valence electrons. The molecule has 1 aromatic rings. The lowest BCUT2D eigenvalue weighted by Crippen LogP contribution is -2.44. The minimum Gasteiger partial charge on any atom is -0.380 e. The van der Waals surface area contributed by atoms with Crippen molar-refractivity contribution in [2.45, 2.75) is 57.6 Å². The molecule has 2 amide bonds. The van der Waals surface area contributed by atoms with Crippen molar-refractivity contribution in [3.05, 3.63) is 29.8 Å². The van der Waals surface area contributed by atoms with E-state index in [1.165, 1.54) is 0 Å². The molecule has 0 bridgehead atoms. The molecule has 0 atom stereocenters. The first kappa shape index (κ1) is 16.5. The predicted molar refractivity (Wildman–Crippen MR) is 85.2 cm³/mol. The van der Waals surface area contributed by atoms with Crippen molar-refractivity contribution in [1.29, 1.82) is 0 Å². The Hall–Kier alpha value is -1.88. The zero-order valence-corrected chi connectivity index (χ0v) is 13.0. The van der Waals surface area contributed by atoms with Gasteiger partial charge in [-0.05, 0) is 49.8 Å². The molecule has 0 heterocycles. The lowest BCUT2D eigenvalue weighted by molar-refractivity contribution is -0.139. The van der Waals surface area contributed by atoms with E-state index in [-0.39, 0.29) is 11.8 Å². The van der Waals surface area contributed by atoms with E-state index in [1.54, 1.807) is 0 Å². The Morgan fingerprint density at radius 1 is 1.27 bits per heavy atom. The molecule has 1 aromatic carbocycles. The number of nitrogens with one attached hydrogen (secondary N) is 2. The molecule has 0 aliphatic heterocycles. The van der Waals surface area contributed by atoms with Crippen LogP contribution in [0.15, 0.2) is 24.3 Å². The monoisotopic (exact) mass is 304 g/mol. The van der Waals surface area contributed by atoms with Gasteiger partial charge in [0.1, 0.15) is 5.60 Å². The van der Waals surface area contributed by atoms with Crippen LogP contribution in [-0.4, -0.2) is 22.5 Å². The molecule has 5 nitrogen and oxygen atoms in total. The van der Waals surface area contributed by atoms with Gasteiger partial charge in [-0.2, -0.15) is 0 Å². The van der Waals surface area contributed by atoms with Crippen LogP contribution in [0, 0.1) is 0 Å². The molecule has 0 saturated heterocycles. The highest BCUT2D eigenvalue weighted by molar-refractivity contribution is 5.90. The summed E-state index contributed by atoms with van der Waals surface area (Å²) in [4.78, 5) is 23.6. The third-order valence-electron chi connectivity index (χ3n) is 3.99. The number of carbonyl (C=O) groups excluding carboxylic acids is 2. The third kappa shape index (κ3) is 4.31. The van der Waals surface area contributed by atoms with Crippen LogP contribution in [0.1, 0.15) is 51.0 Å². The number of carbonyl (C=O) groups is 2. The fourth-order valence-electron chi connectivity index (χ4n) is 2.74. The van der Waals surface area contributed by atoms with Gasteiger partial charge in [0.05, 0.1) is 0 Å². The number of amides is 2. The molecule has 0 unspecified atom stereocenters. The number of rotatable bonds is 6. The van der Waals surface area contributed by atoms with Gasteiger partial charge in [-0.25, -0.2) is 0 Å². The number of aliphatic hydroxyl groups is 1. The molecule has 1 aliphatic rings. The van der Waals surface area contributed by atoms with Crippen molar-refractivity contribution in [1.82, 2.24) is 5.32 Å². The molecule has 1 fully saturated rings.